The van der Waals surface area contributed by atoms with Crippen molar-refractivity contribution in [2.45, 2.75) is 18.9 Å². The lowest BCUT2D eigenvalue weighted by Gasteiger charge is -2.34. The first-order valence-electron chi connectivity index (χ1n) is 7.43. The van der Waals surface area contributed by atoms with Gasteiger partial charge in [0.25, 0.3) is 0 Å². The van der Waals surface area contributed by atoms with E-state index >= 15 is 0 Å². The molecule has 114 valence electrons. The van der Waals surface area contributed by atoms with Crippen molar-refractivity contribution in [3.63, 3.8) is 0 Å². The predicted octanol–water partition coefficient (Wildman–Crippen LogP) is 1.75. The van der Waals surface area contributed by atoms with Crippen molar-refractivity contribution in [1.82, 2.24) is 9.80 Å². The van der Waals surface area contributed by atoms with Gasteiger partial charge in [-0.2, -0.15) is 0 Å². The number of carbonyl (C=O) groups is 1. The SMILES string of the molecule is Nc1ccc(NC(=O)CN2CCN(C3CC3)CC2)c(Br)c1. The molecule has 6 heteroatoms. The molecule has 1 heterocycles. The van der Waals surface area contributed by atoms with Crippen molar-refractivity contribution in [2.24, 2.45) is 0 Å². The van der Waals surface area contributed by atoms with Crippen LogP contribution >= 0.6 is 15.9 Å². The molecule has 0 atom stereocenters. The molecule has 0 aromatic heterocycles. The lowest BCUT2D eigenvalue weighted by molar-refractivity contribution is -0.117. The van der Waals surface area contributed by atoms with Crippen molar-refractivity contribution in [3.8, 4) is 0 Å². The van der Waals surface area contributed by atoms with E-state index in [-0.39, 0.29) is 5.91 Å². The van der Waals surface area contributed by atoms with Crippen LogP contribution in [0.1, 0.15) is 12.8 Å². The van der Waals surface area contributed by atoms with Crippen molar-refractivity contribution in [3.05, 3.63) is 22.7 Å². The number of hydrogen-bond donors (Lipinski definition) is 2. The summed E-state index contributed by atoms with van der Waals surface area (Å²) in [6.45, 7) is 4.59. The number of amides is 1. The Morgan fingerprint density at radius 2 is 2.00 bits per heavy atom. The zero-order valence-electron chi connectivity index (χ0n) is 12.0. The normalized spacial score (nSPS) is 20.4. The number of nitrogen functional groups attached to an aromatic ring is 1. The van der Waals surface area contributed by atoms with Gasteiger partial charge < -0.3 is 11.1 Å². The molecule has 1 aliphatic carbocycles. The van der Waals surface area contributed by atoms with Crippen LogP contribution in [0.5, 0.6) is 0 Å². The molecule has 2 aliphatic rings. The van der Waals surface area contributed by atoms with E-state index in [0.29, 0.717) is 12.2 Å². The molecule has 1 aromatic rings. The molecule has 2 fully saturated rings. The van der Waals surface area contributed by atoms with Crippen LogP contribution in [0.15, 0.2) is 22.7 Å². The van der Waals surface area contributed by atoms with Gasteiger partial charge in [-0.25, -0.2) is 0 Å². The number of carbonyl (C=O) groups excluding carboxylic acids is 1. The molecule has 3 N–H and O–H groups in total. The third kappa shape index (κ3) is 3.96. The highest BCUT2D eigenvalue weighted by molar-refractivity contribution is 9.10. The highest BCUT2D eigenvalue weighted by Gasteiger charge is 2.31. The van der Waals surface area contributed by atoms with Crippen molar-refractivity contribution < 1.29 is 4.79 Å². The molecule has 3 rings (SSSR count). The summed E-state index contributed by atoms with van der Waals surface area (Å²) in [6, 6.07) is 6.23. The molecule has 5 nitrogen and oxygen atoms in total. The van der Waals surface area contributed by atoms with Crippen molar-refractivity contribution >= 4 is 33.2 Å². The number of hydrogen-bond acceptors (Lipinski definition) is 4. The third-order valence-corrected chi connectivity index (χ3v) is 4.76. The number of piperazine rings is 1. The maximum absolute atomic E-state index is 12.1. The predicted molar refractivity (Wildman–Crippen MR) is 88.2 cm³/mol. The first-order valence-corrected chi connectivity index (χ1v) is 8.22. The Hall–Kier alpha value is -1.11. The lowest BCUT2D eigenvalue weighted by atomic mass is 10.2. The minimum atomic E-state index is 0.0281. The van der Waals surface area contributed by atoms with Crippen molar-refractivity contribution in [1.29, 1.82) is 0 Å². The Morgan fingerprint density at radius 1 is 1.29 bits per heavy atom. The first-order chi connectivity index (χ1) is 10.1. The second kappa shape index (κ2) is 6.34. The summed E-state index contributed by atoms with van der Waals surface area (Å²) in [5.74, 6) is 0.0281. The second-order valence-electron chi connectivity index (χ2n) is 5.83. The molecule has 1 aromatic carbocycles. The first kappa shape index (κ1) is 14.8. The Bertz CT molecular complexity index is 524. The van der Waals surface area contributed by atoms with Gasteiger partial charge in [0.2, 0.25) is 5.91 Å². The van der Waals surface area contributed by atoms with E-state index in [9.17, 15) is 4.79 Å². The van der Waals surface area contributed by atoms with Crippen molar-refractivity contribution in [2.75, 3.05) is 43.8 Å². The summed E-state index contributed by atoms with van der Waals surface area (Å²) in [5, 5.41) is 2.93. The summed E-state index contributed by atoms with van der Waals surface area (Å²) in [6.07, 6.45) is 2.71. The van der Waals surface area contributed by atoms with Crippen LogP contribution in [0.3, 0.4) is 0 Å². The molecule has 1 saturated carbocycles. The molecule has 21 heavy (non-hydrogen) atoms. The van der Waals surface area contributed by atoms with Gasteiger partial charge in [0.1, 0.15) is 0 Å². The molecule has 0 spiro atoms. The Labute approximate surface area is 133 Å². The number of nitrogens with one attached hydrogen (secondary N) is 1. The molecule has 1 saturated heterocycles. The number of benzene rings is 1. The Kier molecular flexibility index (Phi) is 4.47. The van der Waals surface area contributed by atoms with Gasteiger partial charge in [0.05, 0.1) is 12.2 Å². The van der Waals surface area contributed by atoms with Crippen LogP contribution in [0.25, 0.3) is 0 Å². The molecule has 1 amide bonds. The molecule has 0 bridgehead atoms. The monoisotopic (exact) mass is 352 g/mol. The van der Waals surface area contributed by atoms with E-state index in [1.54, 1.807) is 12.1 Å². The van der Waals surface area contributed by atoms with Gasteiger partial charge >= 0.3 is 0 Å². The molecular formula is C15H21BrN4O. The summed E-state index contributed by atoms with van der Waals surface area (Å²) in [4.78, 5) is 16.9. The van der Waals surface area contributed by atoms with E-state index in [0.717, 1.165) is 42.4 Å². The van der Waals surface area contributed by atoms with Gasteiger partial charge in [-0.15, -0.1) is 0 Å². The number of anilines is 2. The average Bonchev–Trinajstić information content (AvgIpc) is 3.27. The maximum Gasteiger partial charge on any atom is 0.238 e. The third-order valence-electron chi connectivity index (χ3n) is 4.10. The zero-order valence-corrected chi connectivity index (χ0v) is 13.6. The van der Waals surface area contributed by atoms with E-state index < -0.39 is 0 Å². The van der Waals surface area contributed by atoms with Gasteiger partial charge in [-0.3, -0.25) is 14.6 Å². The molecule has 0 radical (unpaired) electrons. The number of halogens is 1. The Balaban J connectivity index is 1.47. The second-order valence-corrected chi connectivity index (χ2v) is 6.69. The minimum absolute atomic E-state index is 0.0281. The van der Waals surface area contributed by atoms with Gasteiger partial charge in [0, 0.05) is 42.4 Å². The number of nitrogens with two attached hydrogens (primary N) is 1. The number of rotatable bonds is 4. The lowest BCUT2D eigenvalue weighted by Crippen LogP contribution is -2.49. The smallest absolute Gasteiger partial charge is 0.238 e. The van der Waals surface area contributed by atoms with Crippen LogP contribution in [-0.2, 0) is 4.79 Å². The average molecular weight is 353 g/mol. The summed E-state index contributed by atoms with van der Waals surface area (Å²) >= 11 is 3.42. The van der Waals surface area contributed by atoms with Gasteiger partial charge in [-0.05, 0) is 47.0 Å². The van der Waals surface area contributed by atoms with Crippen LogP contribution < -0.4 is 11.1 Å². The fourth-order valence-corrected chi connectivity index (χ4v) is 3.25. The van der Waals surface area contributed by atoms with Crippen LogP contribution in [0.4, 0.5) is 11.4 Å². The number of nitrogens with zero attached hydrogens (tertiary/aromatic N) is 2. The largest absolute Gasteiger partial charge is 0.399 e. The van der Waals surface area contributed by atoms with E-state index in [2.05, 4.69) is 31.0 Å². The van der Waals surface area contributed by atoms with Crippen LogP contribution in [-0.4, -0.2) is 54.5 Å². The van der Waals surface area contributed by atoms with E-state index in [1.807, 2.05) is 6.07 Å². The topological polar surface area (TPSA) is 61.6 Å². The molecule has 1 aliphatic heterocycles. The van der Waals surface area contributed by atoms with Gasteiger partial charge in [-0.1, -0.05) is 0 Å². The maximum atomic E-state index is 12.1. The Morgan fingerprint density at radius 3 is 2.62 bits per heavy atom. The minimum Gasteiger partial charge on any atom is -0.399 e. The fraction of sp³-hybridized carbons (Fsp3) is 0.533. The van der Waals surface area contributed by atoms with Crippen LogP contribution in [0.2, 0.25) is 0 Å². The molecule has 0 unspecified atom stereocenters. The fourth-order valence-electron chi connectivity index (χ4n) is 2.75. The standard InChI is InChI=1S/C15H21BrN4O/c16-13-9-11(17)1-4-14(13)18-15(21)10-19-5-7-20(8-6-19)12-2-3-12/h1,4,9,12H,2-3,5-8,10,17H2,(H,18,21). The van der Waals surface area contributed by atoms with E-state index in [4.69, 9.17) is 5.73 Å². The van der Waals surface area contributed by atoms with Crippen LogP contribution in [0, 0.1) is 0 Å². The summed E-state index contributed by atoms with van der Waals surface area (Å²) in [7, 11) is 0. The zero-order chi connectivity index (χ0) is 14.8. The van der Waals surface area contributed by atoms with E-state index in [1.165, 1.54) is 12.8 Å². The van der Waals surface area contributed by atoms with Gasteiger partial charge in [0.15, 0.2) is 0 Å². The summed E-state index contributed by atoms with van der Waals surface area (Å²) < 4.78 is 0.814. The highest BCUT2D eigenvalue weighted by Crippen LogP contribution is 2.27. The quantitative estimate of drug-likeness (QED) is 0.810. The molecular weight excluding hydrogens is 332 g/mol. The summed E-state index contributed by atoms with van der Waals surface area (Å²) in [5.41, 5.74) is 7.14. The highest BCUT2D eigenvalue weighted by atomic mass is 79.9.